The van der Waals surface area contributed by atoms with Gasteiger partial charge in [-0.05, 0) is 58.8 Å². The molecule has 24 heavy (non-hydrogen) atoms. The van der Waals surface area contributed by atoms with E-state index in [-0.39, 0.29) is 11.9 Å². The second-order valence-electron chi connectivity index (χ2n) is 5.87. The summed E-state index contributed by atoms with van der Waals surface area (Å²) in [4.78, 5) is 24.5. The van der Waals surface area contributed by atoms with Crippen LogP contribution in [-0.2, 0) is 19.1 Å². The molecule has 0 aromatic heterocycles. The largest absolute Gasteiger partial charge is 0.465 e. The molecule has 4 nitrogen and oxygen atoms in total. The highest BCUT2D eigenvalue weighted by Crippen LogP contribution is 2.27. The summed E-state index contributed by atoms with van der Waals surface area (Å²) in [6, 6.07) is 0. The van der Waals surface area contributed by atoms with Gasteiger partial charge < -0.3 is 9.47 Å². The normalized spacial score (nSPS) is 17.9. The molecule has 0 aromatic carbocycles. The van der Waals surface area contributed by atoms with Gasteiger partial charge >= 0.3 is 11.9 Å². The Kier molecular flexibility index (Phi) is 10.6. The van der Waals surface area contributed by atoms with Crippen LogP contribution in [0.4, 0.5) is 0 Å². The van der Waals surface area contributed by atoms with Crippen molar-refractivity contribution in [1.29, 1.82) is 0 Å². The Bertz CT molecular complexity index is 474. The lowest BCUT2D eigenvalue weighted by Crippen LogP contribution is -2.27. The minimum atomic E-state index is -0.469. The molecular formula is C20H30O4. The van der Waals surface area contributed by atoms with Crippen LogP contribution in [0.15, 0.2) is 36.0 Å². The molecule has 0 amide bonds. The van der Waals surface area contributed by atoms with E-state index in [1.165, 1.54) is 0 Å². The van der Waals surface area contributed by atoms with Crippen molar-refractivity contribution >= 4 is 11.9 Å². The first-order chi connectivity index (χ1) is 11.7. The van der Waals surface area contributed by atoms with Gasteiger partial charge in [-0.25, -0.2) is 4.79 Å². The van der Waals surface area contributed by atoms with Crippen molar-refractivity contribution in [3.63, 3.8) is 0 Å². The Morgan fingerprint density at radius 2 is 1.71 bits per heavy atom. The fraction of sp³-hybridized carbons (Fsp3) is 0.600. The highest BCUT2D eigenvalue weighted by atomic mass is 16.5. The number of carbonyl (C=O) groups is 2. The molecule has 1 atom stereocenters. The summed E-state index contributed by atoms with van der Waals surface area (Å²) in [5.74, 6) is -1.14. The summed E-state index contributed by atoms with van der Waals surface area (Å²) in [7, 11) is 0. The van der Waals surface area contributed by atoms with Gasteiger partial charge in [0, 0.05) is 5.57 Å². The zero-order valence-corrected chi connectivity index (χ0v) is 15.0. The van der Waals surface area contributed by atoms with E-state index in [4.69, 9.17) is 9.47 Å². The summed E-state index contributed by atoms with van der Waals surface area (Å²) >= 11 is 0. The number of ether oxygens (including phenoxy) is 2. The van der Waals surface area contributed by atoms with Crippen molar-refractivity contribution in [2.45, 2.75) is 58.8 Å². The average molecular weight is 334 g/mol. The van der Waals surface area contributed by atoms with Crippen molar-refractivity contribution in [1.82, 2.24) is 0 Å². The highest BCUT2D eigenvalue weighted by molar-refractivity contribution is 5.95. The summed E-state index contributed by atoms with van der Waals surface area (Å²) in [5, 5.41) is 0. The van der Waals surface area contributed by atoms with Crippen LogP contribution in [-0.4, -0.2) is 25.2 Å². The standard InChI is InChI=1S/C20H30O4/c1-3-5-7-11-15-23-19(21)17-13-9-10-14-18(17)20(22)24-16-12-8-6-4-2/h3-6,13,18H,7-12,14-16H2,1-2H3/b5-3+,6-4+. The Balaban J connectivity index is 2.44. The smallest absolute Gasteiger partial charge is 0.334 e. The van der Waals surface area contributed by atoms with Crippen LogP contribution in [0.1, 0.15) is 58.8 Å². The van der Waals surface area contributed by atoms with Crippen LogP contribution in [0.5, 0.6) is 0 Å². The predicted molar refractivity (Wildman–Crippen MR) is 95.4 cm³/mol. The maximum atomic E-state index is 12.3. The first-order valence-corrected chi connectivity index (χ1v) is 8.96. The summed E-state index contributed by atoms with van der Waals surface area (Å²) < 4.78 is 10.6. The second kappa shape index (κ2) is 12.6. The average Bonchev–Trinajstić information content (AvgIpc) is 2.61. The van der Waals surface area contributed by atoms with Crippen LogP contribution >= 0.6 is 0 Å². The van der Waals surface area contributed by atoms with E-state index < -0.39 is 5.92 Å². The molecule has 1 aliphatic carbocycles. The molecule has 1 rings (SSSR count). The van der Waals surface area contributed by atoms with Crippen molar-refractivity contribution in [2.75, 3.05) is 13.2 Å². The van der Waals surface area contributed by atoms with E-state index in [1.807, 2.05) is 44.2 Å². The maximum absolute atomic E-state index is 12.3. The van der Waals surface area contributed by atoms with Crippen molar-refractivity contribution in [2.24, 2.45) is 5.92 Å². The molecule has 0 saturated carbocycles. The Morgan fingerprint density at radius 3 is 2.33 bits per heavy atom. The topological polar surface area (TPSA) is 52.6 Å². The number of hydrogen-bond acceptors (Lipinski definition) is 4. The van der Waals surface area contributed by atoms with E-state index in [0.717, 1.165) is 38.5 Å². The number of unbranched alkanes of at least 4 members (excludes halogenated alkanes) is 2. The molecule has 0 radical (unpaired) electrons. The minimum Gasteiger partial charge on any atom is -0.465 e. The first-order valence-electron chi connectivity index (χ1n) is 8.96. The van der Waals surface area contributed by atoms with Crippen LogP contribution in [0.2, 0.25) is 0 Å². The third kappa shape index (κ3) is 7.62. The molecule has 1 unspecified atom stereocenters. The molecule has 0 saturated heterocycles. The molecule has 0 N–H and O–H groups in total. The molecule has 0 aromatic rings. The van der Waals surface area contributed by atoms with Gasteiger partial charge in [-0.15, -0.1) is 0 Å². The summed E-state index contributed by atoms with van der Waals surface area (Å²) in [6.07, 6.45) is 15.6. The Labute approximate surface area is 145 Å². The van der Waals surface area contributed by atoms with E-state index in [9.17, 15) is 9.59 Å². The van der Waals surface area contributed by atoms with E-state index in [1.54, 1.807) is 0 Å². The number of esters is 2. The SMILES string of the molecule is C/C=C/CCCOC(=O)C1=CCCCC1C(=O)OCCC/C=C/C. The van der Waals surface area contributed by atoms with Gasteiger partial charge in [0.05, 0.1) is 19.1 Å². The fourth-order valence-electron chi connectivity index (χ4n) is 2.60. The molecule has 0 heterocycles. The van der Waals surface area contributed by atoms with Crippen LogP contribution in [0.3, 0.4) is 0 Å². The van der Waals surface area contributed by atoms with Gasteiger partial charge in [0.25, 0.3) is 0 Å². The Hall–Kier alpha value is -1.84. The predicted octanol–water partition coefficient (Wildman–Crippen LogP) is 4.51. The molecule has 0 spiro atoms. The second-order valence-corrected chi connectivity index (χ2v) is 5.87. The zero-order valence-electron chi connectivity index (χ0n) is 15.0. The third-order valence-electron chi connectivity index (χ3n) is 3.94. The lowest BCUT2D eigenvalue weighted by atomic mass is 9.87. The molecule has 4 heteroatoms. The minimum absolute atomic E-state index is 0.299. The molecule has 0 aliphatic heterocycles. The van der Waals surface area contributed by atoms with Crippen LogP contribution in [0, 0.1) is 5.92 Å². The molecule has 0 fully saturated rings. The number of allylic oxidation sites excluding steroid dienone is 5. The van der Waals surface area contributed by atoms with Gasteiger partial charge in [0.1, 0.15) is 0 Å². The molecular weight excluding hydrogens is 304 g/mol. The highest BCUT2D eigenvalue weighted by Gasteiger charge is 2.31. The van der Waals surface area contributed by atoms with Crippen molar-refractivity contribution < 1.29 is 19.1 Å². The first kappa shape index (κ1) is 20.2. The zero-order chi connectivity index (χ0) is 17.6. The van der Waals surface area contributed by atoms with Gasteiger partial charge in [0.2, 0.25) is 0 Å². The number of carbonyl (C=O) groups excluding carboxylic acids is 2. The molecule has 1 aliphatic rings. The van der Waals surface area contributed by atoms with Gasteiger partial charge in [-0.3, -0.25) is 4.79 Å². The lowest BCUT2D eigenvalue weighted by Gasteiger charge is -2.21. The summed E-state index contributed by atoms with van der Waals surface area (Å²) in [5.41, 5.74) is 0.478. The number of rotatable bonds is 10. The van der Waals surface area contributed by atoms with Gasteiger partial charge in [-0.2, -0.15) is 0 Å². The third-order valence-corrected chi connectivity index (χ3v) is 3.94. The van der Waals surface area contributed by atoms with Gasteiger partial charge in [-0.1, -0.05) is 30.4 Å². The van der Waals surface area contributed by atoms with E-state index in [2.05, 4.69) is 0 Å². The quantitative estimate of drug-likeness (QED) is 0.335. The maximum Gasteiger partial charge on any atom is 0.334 e. The van der Waals surface area contributed by atoms with E-state index >= 15 is 0 Å². The van der Waals surface area contributed by atoms with Crippen LogP contribution < -0.4 is 0 Å². The fourth-order valence-corrected chi connectivity index (χ4v) is 2.60. The monoisotopic (exact) mass is 334 g/mol. The van der Waals surface area contributed by atoms with Crippen molar-refractivity contribution in [3.05, 3.63) is 36.0 Å². The molecule has 0 bridgehead atoms. The number of hydrogen-bond donors (Lipinski definition) is 0. The summed E-state index contributed by atoms with van der Waals surface area (Å²) in [6.45, 7) is 4.71. The van der Waals surface area contributed by atoms with Crippen molar-refractivity contribution in [3.8, 4) is 0 Å². The van der Waals surface area contributed by atoms with E-state index in [0.29, 0.717) is 25.2 Å². The lowest BCUT2D eigenvalue weighted by molar-refractivity contribution is -0.151. The van der Waals surface area contributed by atoms with Gasteiger partial charge in [0.15, 0.2) is 0 Å². The van der Waals surface area contributed by atoms with Crippen LogP contribution in [0.25, 0.3) is 0 Å². The molecule has 134 valence electrons. The Morgan fingerprint density at radius 1 is 1.08 bits per heavy atom.